The molecule has 32 heteroatoms. The molecule has 0 saturated heterocycles. The summed E-state index contributed by atoms with van der Waals surface area (Å²) < 4.78 is 13.7. The van der Waals surface area contributed by atoms with Crippen molar-refractivity contribution in [1.82, 2.24) is 54.2 Å². The number of aliphatic carboxylic acids is 3. The maximum Gasteiger partial charge on any atom is 0.407 e. The van der Waals surface area contributed by atoms with Gasteiger partial charge in [-0.2, -0.15) is 0 Å². The van der Waals surface area contributed by atoms with Crippen LogP contribution >= 0.6 is 45.2 Å². The summed E-state index contributed by atoms with van der Waals surface area (Å²) in [6, 6.07) is 15.9. The molecule has 0 spiro atoms. The highest BCUT2D eigenvalue weighted by Gasteiger charge is 2.29. The average Bonchev–Trinajstić information content (AvgIpc) is 1.70. The van der Waals surface area contributed by atoms with E-state index >= 15 is 0 Å². The third kappa shape index (κ3) is 24.3. The smallest absolute Gasteiger partial charge is 0.407 e. The van der Waals surface area contributed by atoms with Gasteiger partial charge in [0.1, 0.15) is 50.5 Å². The summed E-state index contributed by atoms with van der Waals surface area (Å²) in [6.07, 6.45) is 6.71. The van der Waals surface area contributed by atoms with Crippen molar-refractivity contribution in [2.75, 3.05) is 45.9 Å². The van der Waals surface area contributed by atoms with E-state index in [1.165, 1.54) is 26.2 Å². The van der Waals surface area contributed by atoms with E-state index < -0.39 is 95.5 Å². The van der Waals surface area contributed by atoms with E-state index in [9.17, 15) is 72.2 Å². The summed E-state index contributed by atoms with van der Waals surface area (Å²) in [5.74, 6) is 5.43. The van der Waals surface area contributed by atoms with Crippen LogP contribution in [0.5, 0.6) is 0 Å². The van der Waals surface area contributed by atoms with E-state index in [1.54, 1.807) is 28.7 Å². The molecule has 460 valence electrons. The van der Waals surface area contributed by atoms with Gasteiger partial charge < -0.3 is 45.3 Å². The van der Waals surface area contributed by atoms with Gasteiger partial charge in [-0.1, -0.05) is 80.0 Å². The van der Waals surface area contributed by atoms with Crippen LogP contribution in [0.15, 0.2) is 124 Å². The minimum Gasteiger partial charge on any atom is -0.480 e. The van der Waals surface area contributed by atoms with Crippen LogP contribution in [0, 0.1) is 30.8 Å². The molecule has 0 radical (unpaired) electrons. The molecule has 0 aliphatic heterocycles. The summed E-state index contributed by atoms with van der Waals surface area (Å²) >= 11 is 3.54. The van der Waals surface area contributed by atoms with Crippen LogP contribution in [0.3, 0.4) is 0 Å². The fourth-order valence-corrected chi connectivity index (χ4v) is 7.96. The zero-order valence-electron chi connectivity index (χ0n) is 46.5. The Hall–Kier alpha value is -9.94. The first-order chi connectivity index (χ1) is 41.3. The van der Waals surface area contributed by atoms with Crippen molar-refractivity contribution >= 4 is 81.1 Å². The first kappa shape index (κ1) is 71.3. The minimum absolute atomic E-state index is 0.00777. The van der Waals surface area contributed by atoms with E-state index in [0.29, 0.717) is 16.7 Å². The molecule has 0 unspecified atom stereocenters. The number of carbonyl (C=O) groups is 6. The van der Waals surface area contributed by atoms with Gasteiger partial charge in [0.15, 0.2) is 0 Å². The molecule has 4 aromatic heterocycles. The van der Waals surface area contributed by atoms with Crippen molar-refractivity contribution in [3.05, 3.63) is 199 Å². The van der Waals surface area contributed by atoms with E-state index in [0.717, 1.165) is 66.2 Å². The largest absolute Gasteiger partial charge is 0.480 e. The molecule has 4 heterocycles. The molecule has 0 atom stereocenters. The molecular formula is C55H57I2N11O19. The molecule has 0 saturated carbocycles. The Morgan fingerprint density at radius 1 is 0.667 bits per heavy atom. The zero-order valence-corrected chi connectivity index (χ0v) is 50.8. The second-order valence-electron chi connectivity index (χ2n) is 17.3. The highest BCUT2D eigenvalue weighted by molar-refractivity contribution is 14.1. The van der Waals surface area contributed by atoms with Crippen LogP contribution in [0.4, 0.5) is 4.79 Å². The molecule has 0 bridgehead atoms. The number of amides is 2. The lowest BCUT2D eigenvalue weighted by molar-refractivity contribution is -0.144. The third-order valence-electron chi connectivity index (χ3n) is 10.9. The first-order valence-corrected chi connectivity index (χ1v) is 27.5. The van der Waals surface area contributed by atoms with Crippen LogP contribution in [-0.2, 0) is 53.1 Å². The van der Waals surface area contributed by atoms with Crippen LogP contribution in [-0.4, -0.2) is 141 Å². The number of esters is 1. The highest BCUT2D eigenvalue weighted by atomic mass is 127. The molecule has 0 fully saturated rings. The predicted molar refractivity (Wildman–Crippen MR) is 329 cm³/mol. The number of hydrogen-bond donors (Lipinski definition) is 10. The number of aromatic amines is 5. The number of fused-ring (bicyclic) bond motifs is 3. The number of rotatable bonds is 19. The molecule has 2 aromatic carbocycles. The topological polar surface area (TPSA) is 439 Å². The number of halogens is 2. The van der Waals surface area contributed by atoms with Crippen LogP contribution < -0.4 is 55.6 Å². The van der Waals surface area contributed by atoms with E-state index in [1.807, 2.05) is 88.0 Å². The predicted octanol–water partition coefficient (Wildman–Crippen LogP) is -0.0387. The fraction of sp³-hybridized carbons (Fsp3) is 0.273. The number of ether oxygens (including phenoxy) is 2. The summed E-state index contributed by atoms with van der Waals surface area (Å²) in [5.41, 5.74) is -0.550. The van der Waals surface area contributed by atoms with Gasteiger partial charge in [-0.05, 0) is 94.2 Å². The van der Waals surface area contributed by atoms with Gasteiger partial charge in [0.25, 0.3) is 22.2 Å². The van der Waals surface area contributed by atoms with Crippen molar-refractivity contribution in [3.63, 3.8) is 0 Å². The van der Waals surface area contributed by atoms with E-state index in [4.69, 9.17) is 19.7 Å². The van der Waals surface area contributed by atoms with Gasteiger partial charge in [-0.25, -0.2) is 24.0 Å². The number of carbonyl (C=O) groups excluding carboxylic acids is 3. The molecule has 30 nitrogen and oxygen atoms in total. The summed E-state index contributed by atoms with van der Waals surface area (Å²) in [6.45, 7) is 7.72. The Bertz CT molecular complexity index is 4050. The molecule has 1 aliphatic carbocycles. The van der Waals surface area contributed by atoms with Crippen molar-refractivity contribution in [2.24, 2.45) is 0 Å². The van der Waals surface area contributed by atoms with Gasteiger partial charge in [-0.15, -0.1) is 11.8 Å². The molecular weight excluding hydrogens is 1370 g/mol. The second kappa shape index (κ2) is 36.7. The van der Waals surface area contributed by atoms with Gasteiger partial charge >= 0.3 is 52.7 Å². The van der Waals surface area contributed by atoms with Gasteiger partial charge in [0, 0.05) is 43.8 Å². The fourth-order valence-electron chi connectivity index (χ4n) is 7.20. The quantitative estimate of drug-likeness (QED) is 0.0167. The van der Waals surface area contributed by atoms with Crippen molar-refractivity contribution in [1.29, 1.82) is 0 Å². The number of H-pyrrole nitrogens is 5. The molecule has 87 heavy (non-hydrogen) atoms. The van der Waals surface area contributed by atoms with Crippen molar-refractivity contribution in [3.8, 4) is 34.8 Å². The maximum atomic E-state index is 12.8. The molecule has 6 aromatic rings. The lowest BCUT2D eigenvalue weighted by Crippen LogP contribution is -2.44. The average molecular weight is 1430 g/mol. The first-order valence-electron chi connectivity index (χ1n) is 25.3. The van der Waals surface area contributed by atoms with Crippen molar-refractivity contribution in [2.45, 2.75) is 52.7 Å². The van der Waals surface area contributed by atoms with Crippen molar-refractivity contribution < 1.29 is 53.6 Å². The highest BCUT2D eigenvalue weighted by Crippen LogP contribution is 2.44. The van der Waals surface area contributed by atoms with Crippen LogP contribution in [0.25, 0.3) is 11.1 Å². The summed E-state index contributed by atoms with van der Waals surface area (Å²) in [4.78, 5) is 168. The zero-order chi connectivity index (χ0) is 64.8. The standard InChI is InChI=1S/C28H26N4O7.C9H8N2O4.C8H15NO2.C6H5IN2O4.C4H3IN2O2/c1-2-7-18-14-32(27(37)30-26(18)36)15-24(33)31(16-25(34)35)13-12-29-28(38)39-17-23-21-10-5-3-8-19(21)20-9-4-6-11-22(20)23;1-2-3-6-4-11(5-7(12)13)9(15)10-8(6)14;1-3-5-9-7-8(10)11-6-4-2;7-3-1-9(2-4(10)11)6(13)8-5(3)12;5-2-1-6-4(9)7-3(2)8/h3-6,8-11,14,23H,12-13,15-17H2,1H3,(H,29,38)(H,34,35)(H,30,36,37);4H,5H2,1H3,(H,12,13)(H,10,14,15);4,9H,2-3,5-7H2,1H3;1H,2H2,(H,10,11)(H,8,12,13);1H,(H2,6,7,8,9). The Morgan fingerprint density at radius 2 is 1.16 bits per heavy atom. The SMILES string of the molecule is C=CCOC(=O)CNCCC.CC#Cc1cn(CC(=O)N(CCNC(=O)OCC2c3ccccc3-c3ccccc32)CC(=O)O)c(=O)[nH]c1=O.CC#Cc1cn(CC(=O)O)c(=O)[nH]c1=O.O=C(O)Cn1cc(I)c(=O)[nH]c1=O.O=c1[nH]cc(I)c(=O)[nH]1. The Labute approximate surface area is 518 Å². The van der Waals surface area contributed by atoms with E-state index in [2.05, 4.69) is 55.8 Å². The number of carboxylic acid groups (broad SMARTS) is 3. The minimum atomic E-state index is -1.27. The number of carboxylic acids is 3. The number of benzene rings is 2. The van der Waals surface area contributed by atoms with Gasteiger partial charge in [0.05, 0.1) is 13.7 Å². The Kier molecular flexibility index (Phi) is 30.1. The Balaban J connectivity index is 0.000000335. The summed E-state index contributed by atoms with van der Waals surface area (Å²) in [7, 11) is 0. The number of nitrogens with zero attached hydrogens (tertiary/aromatic N) is 4. The Morgan fingerprint density at radius 3 is 1.63 bits per heavy atom. The van der Waals surface area contributed by atoms with E-state index in [-0.39, 0.29) is 51.8 Å². The number of alkyl carbamates (subject to hydrolysis) is 1. The molecule has 7 rings (SSSR count). The number of nitrogens with one attached hydrogen (secondary N) is 7. The van der Waals surface area contributed by atoms with Crippen LogP contribution in [0.1, 0.15) is 55.4 Å². The third-order valence-corrected chi connectivity index (χ3v) is 12.5. The second-order valence-corrected chi connectivity index (χ2v) is 19.6. The normalized spacial score (nSPS) is 10.4. The summed E-state index contributed by atoms with van der Waals surface area (Å²) in [5, 5.41) is 31.6. The lowest BCUT2D eigenvalue weighted by atomic mass is 9.98. The van der Waals surface area contributed by atoms with Gasteiger partial charge in [0.2, 0.25) is 5.91 Å². The molecule has 1 aliphatic rings. The monoisotopic (exact) mass is 1430 g/mol. The number of aromatic nitrogens is 8. The maximum absolute atomic E-state index is 12.8. The van der Waals surface area contributed by atoms with Gasteiger partial charge in [-0.3, -0.25) is 76.8 Å². The lowest BCUT2D eigenvalue weighted by Gasteiger charge is -2.21. The number of hydrogen-bond acceptors (Lipinski definition) is 17. The molecule has 2 amide bonds. The molecule has 10 N–H and O–H groups in total. The van der Waals surface area contributed by atoms with Crippen LogP contribution in [0.2, 0.25) is 0 Å².